The third-order valence-electron chi connectivity index (χ3n) is 4.17. The molecule has 4 N–H and O–H groups in total. The number of nitrogens with one attached hydrogen (secondary N) is 1. The molecule has 1 fully saturated rings. The Morgan fingerprint density at radius 3 is 2.52 bits per heavy atom. The molecule has 6 heteroatoms. The number of para-hydroxylation sites is 1. The van der Waals surface area contributed by atoms with Crippen molar-refractivity contribution in [3.63, 3.8) is 0 Å². The summed E-state index contributed by atoms with van der Waals surface area (Å²) in [5.41, 5.74) is 4.49. The van der Waals surface area contributed by atoms with Crippen molar-refractivity contribution >= 4 is 17.6 Å². The van der Waals surface area contributed by atoms with E-state index in [9.17, 15) is 14.0 Å². The molecule has 0 atom stereocenters. The van der Waals surface area contributed by atoms with Crippen molar-refractivity contribution in [3.05, 3.63) is 29.6 Å². The summed E-state index contributed by atoms with van der Waals surface area (Å²) in [5.74, 6) is -2.43. The van der Waals surface area contributed by atoms with Crippen LogP contribution in [-0.4, -0.2) is 23.5 Å². The SMILES string of the molecule is NCC1(C(=O)Nc2c(F)cccc2C(=O)O)CCCCC1. The minimum atomic E-state index is -1.28. The zero-order chi connectivity index (χ0) is 15.5. The average Bonchev–Trinajstić information content (AvgIpc) is 2.49. The lowest BCUT2D eigenvalue weighted by atomic mass is 9.73. The molecule has 1 aliphatic carbocycles. The van der Waals surface area contributed by atoms with E-state index in [4.69, 9.17) is 10.8 Å². The topological polar surface area (TPSA) is 92.4 Å². The summed E-state index contributed by atoms with van der Waals surface area (Å²) < 4.78 is 13.9. The van der Waals surface area contributed by atoms with E-state index in [2.05, 4.69) is 5.32 Å². The molecule has 0 spiro atoms. The summed E-state index contributed by atoms with van der Waals surface area (Å²) in [6.07, 6.45) is 4.13. The zero-order valence-corrected chi connectivity index (χ0v) is 11.7. The normalized spacial score (nSPS) is 17.2. The first kappa shape index (κ1) is 15.4. The first-order valence-electron chi connectivity index (χ1n) is 7.03. The molecule has 1 saturated carbocycles. The quantitative estimate of drug-likeness (QED) is 0.795. The Bertz CT molecular complexity index is 554. The van der Waals surface area contributed by atoms with Crippen LogP contribution in [0.5, 0.6) is 0 Å². The van der Waals surface area contributed by atoms with Gasteiger partial charge in [0.05, 0.1) is 16.7 Å². The largest absolute Gasteiger partial charge is 0.478 e. The van der Waals surface area contributed by atoms with Crippen molar-refractivity contribution in [2.45, 2.75) is 32.1 Å². The summed E-state index contributed by atoms with van der Waals surface area (Å²) in [4.78, 5) is 23.6. The van der Waals surface area contributed by atoms with E-state index in [0.717, 1.165) is 25.3 Å². The van der Waals surface area contributed by atoms with Crippen LogP contribution in [0.15, 0.2) is 18.2 Å². The summed E-state index contributed by atoms with van der Waals surface area (Å²) in [7, 11) is 0. The van der Waals surface area contributed by atoms with Gasteiger partial charge in [0.25, 0.3) is 0 Å². The van der Waals surface area contributed by atoms with Gasteiger partial charge in [-0.3, -0.25) is 4.79 Å². The fourth-order valence-corrected chi connectivity index (χ4v) is 2.83. The predicted molar refractivity (Wildman–Crippen MR) is 76.6 cm³/mol. The number of carbonyl (C=O) groups is 2. The maximum absolute atomic E-state index is 13.9. The van der Waals surface area contributed by atoms with Crippen molar-refractivity contribution in [1.82, 2.24) is 0 Å². The molecule has 0 unspecified atom stereocenters. The van der Waals surface area contributed by atoms with E-state index in [-0.39, 0.29) is 17.8 Å². The van der Waals surface area contributed by atoms with Gasteiger partial charge in [0.1, 0.15) is 5.82 Å². The number of carboxylic acids is 1. The number of aromatic carboxylic acids is 1. The van der Waals surface area contributed by atoms with Gasteiger partial charge in [-0.2, -0.15) is 0 Å². The zero-order valence-electron chi connectivity index (χ0n) is 11.7. The Balaban J connectivity index is 2.29. The maximum Gasteiger partial charge on any atom is 0.337 e. The molecular formula is C15H19FN2O3. The highest BCUT2D eigenvalue weighted by atomic mass is 19.1. The van der Waals surface area contributed by atoms with Crippen molar-refractivity contribution in [2.75, 3.05) is 11.9 Å². The standard InChI is InChI=1S/C15H19FN2O3/c16-11-6-4-5-10(13(19)20)12(11)18-14(21)15(9-17)7-2-1-3-8-15/h4-6H,1-3,7-9,17H2,(H,18,21)(H,19,20). The van der Waals surface area contributed by atoms with Crippen LogP contribution in [0.3, 0.4) is 0 Å². The molecule has 1 amide bonds. The van der Waals surface area contributed by atoms with Crippen LogP contribution in [0.25, 0.3) is 0 Å². The third kappa shape index (κ3) is 3.05. The first-order valence-corrected chi connectivity index (χ1v) is 7.03. The lowest BCUT2D eigenvalue weighted by Crippen LogP contribution is -2.44. The number of anilines is 1. The molecule has 0 saturated heterocycles. The molecule has 0 radical (unpaired) electrons. The second-order valence-electron chi connectivity index (χ2n) is 5.47. The van der Waals surface area contributed by atoms with E-state index < -0.39 is 23.1 Å². The molecule has 1 aromatic carbocycles. The number of hydrogen-bond donors (Lipinski definition) is 3. The van der Waals surface area contributed by atoms with Gasteiger partial charge in [0.15, 0.2) is 0 Å². The van der Waals surface area contributed by atoms with Crippen LogP contribution in [0.4, 0.5) is 10.1 Å². The Kier molecular flexibility index (Phi) is 4.57. The highest BCUT2D eigenvalue weighted by Crippen LogP contribution is 2.37. The van der Waals surface area contributed by atoms with E-state index in [1.807, 2.05) is 0 Å². The van der Waals surface area contributed by atoms with Crippen LogP contribution < -0.4 is 11.1 Å². The van der Waals surface area contributed by atoms with Gasteiger partial charge in [-0.15, -0.1) is 0 Å². The van der Waals surface area contributed by atoms with Crippen LogP contribution >= 0.6 is 0 Å². The van der Waals surface area contributed by atoms with Gasteiger partial charge in [-0.1, -0.05) is 25.3 Å². The van der Waals surface area contributed by atoms with Gasteiger partial charge in [-0.25, -0.2) is 9.18 Å². The number of rotatable bonds is 4. The second kappa shape index (κ2) is 6.22. The van der Waals surface area contributed by atoms with E-state index in [0.29, 0.717) is 12.8 Å². The summed E-state index contributed by atoms with van der Waals surface area (Å²) in [5, 5.41) is 11.5. The van der Waals surface area contributed by atoms with Crippen molar-refractivity contribution < 1.29 is 19.1 Å². The highest BCUT2D eigenvalue weighted by molar-refractivity contribution is 6.02. The average molecular weight is 294 g/mol. The van der Waals surface area contributed by atoms with Crippen LogP contribution in [0.1, 0.15) is 42.5 Å². The molecule has 0 bridgehead atoms. The summed E-state index contributed by atoms with van der Waals surface area (Å²) >= 11 is 0. The molecule has 114 valence electrons. The lowest BCUT2D eigenvalue weighted by molar-refractivity contribution is -0.126. The fourth-order valence-electron chi connectivity index (χ4n) is 2.83. The Labute approximate surface area is 122 Å². The second-order valence-corrected chi connectivity index (χ2v) is 5.47. The number of benzene rings is 1. The van der Waals surface area contributed by atoms with Crippen LogP contribution in [0, 0.1) is 11.2 Å². The molecule has 2 rings (SSSR count). The molecule has 0 aromatic heterocycles. The smallest absolute Gasteiger partial charge is 0.337 e. The fraction of sp³-hybridized carbons (Fsp3) is 0.467. The number of halogens is 1. The van der Waals surface area contributed by atoms with Crippen molar-refractivity contribution in [2.24, 2.45) is 11.1 Å². The Hall–Kier alpha value is -1.95. The minimum Gasteiger partial charge on any atom is -0.478 e. The van der Waals surface area contributed by atoms with Crippen molar-refractivity contribution in [3.8, 4) is 0 Å². The third-order valence-corrected chi connectivity index (χ3v) is 4.17. The summed E-state index contributed by atoms with van der Waals surface area (Å²) in [6, 6.07) is 3.68. The highest BCUT2D eigenvalue weighted by Gasteiger charge is 2.38. The summed E-state index contributed by atoms with van der Waals surface area (Å²) in [6.45, 7) is 0.176. The maximum atomic E-state index is 13.9. The molecule has 1 aliphatic rings. The van der Waals surface area contributed by atoms with Gasteiger partial charge in [-0.05, 0) is 25.0 Å². The monoisotopic (exact) mass is 294 g/mol. The molecular weight excluding hydrogens is 275 g/mol. The molecule has 0 aliphatic heterocycles. The number of carbonyl (C=O) groups excluding carboxylic acids is 1. The molecule has 5 nitrogen and oxygen atoms in total. The predicted octanol–water partition coefficient (Wildman–Crippen LogP) is 2.37. The minimum absolute atomic E-state index is 0.176. The number of amides is 1. The van der Waals surface area contributed by atoms with Gasteiger partial charge in [0.2, 0.25) is 5.91 Å². The van der Waals surface area contributed by atoms with E-state index in [1.54, 1.807) is 0 Å². The number of nitrogens with two attached hydrogens (primary N) is 1. The van der Waals surface area contributed by atoms with Crippen LogP contribution in [-0.2, 0) is 4.79 Å². The van der Waals surface area contributed by atoms with Gasteiger partial charge < -0.3 is 16.2 Å². The Morgan fingerprint density at radius 1 is 1.29 bits per heavy atom. The van der Waals surface area contributed by atoms with Gasteiger partial charge >= 0.3 is 5.97 Å². The number of hydrogen-bond acceptors (Lipinski definition) is 3. The molecule has 1 aromatic rings. The van der Waals surface area contributed by atoms with E-state index >= 15 is 0 Å². The lowest BCUT2D eigenvalue weighted by Gasteiger charge is -2.34. The Morgan fingerprint density at radius 2 is 1.95 bits per heavy atom. The first-order chi connectivity index (χ1) is 10.00. The van der Waals surface area contributed by atoms with Crippen LogP contribution in [0.2, 0.25) is 0 Å². The molecule has 21 heavy (non-hydrogen) atoms. The number of carboxylic acid groups (broad SMARTS) is 1. The van der Waals surface area contributed by atoms with E-state index in [1.165, 1.54) is 12.1 Å². The van der Waals surface area contributed by atoms with Gasteiger partial charge in [0, 0.05) is 6.54 Å². The van der Waals surface area contributed by atoms with Crippen molar-refractivity contribution in [1.29, 1.82) is 0 Å². The molecule has 0 heterocycles.